The topological polar surface area (TPSA) is 8.17 Å². The quantitative estimate of drug-likeness (QED) is 0.267. The molecule has 2 nitrogen and oxygen atoms in total. The van der Waals surface area contributed by atoms with Gasteiger partial charge in [0, 0.05) is 0 Å². The van der Waals surface area contributed by atoms with E-state index in [1.165, 1.54) is 31.0 Å². The fraction of sp³-hybridized carbons (Fsp3) is 0.111. The van der Waals surface area contributed by atoms with Crippen molar-refractivity contribution in [2.24, 2.45) is 0 Å². The average Bonchev–Trinajstić information content (AvgIpc) is 3.42. The molecule has 0 atom stereocenters. The summed E-state index contributed by atoms with van der Waals surface area (Å²) in [7, 11) is 0. The first-order chi connectivity index (χ1) is 21.5. The summed E-state index contributed by atoms with van der Waals surface area (Å²) in [6.45, 7) is 0.129. The van der Waals surface area contributed by atoms with Crippen molar-refractivity contribution in [3.63, 3.8) is 0 Å². The van der Waals surface area contributed by atoms with Crippen LogP contribution in [0.15, 0.2) is 115 Å². The van der Waals surface area contributed by atoms with Gasteiger partial charge in [-0.25, -0.2) is 0 Å². The van der Waals surface area contributed by atoms with E-state index in [0.29, 0.717) is 10.9 Å². The van der Waals surface area contributed by atoms with Crippen molar-refractivity contribution in [2.45, 2.75) is 25.7 Å². The van der Waals surface area contributed by atoms with Gasteiger partial charge in [0.15, 0.2) is 0 Å². The van der Waals surface area contributed by atoms with E-state index >= 15 is 0 Å². The number of fused-ring (bicyclic) bond motifs is 7. The maximum absolute atomic E-state index is 9.01. The predicted molar refractivity (Wildman–Crippen MR) is 171 cm³/mol. The Morgan fingerprint density at radius 3 is 2.48 bits per heavy atom. The normalized spacial score (nSPS) is 16.3. The van der Waals surface area contributed by atoms with Gasteiger partial charge in [0.25, 0.3) is 0 Å². The molecule has 0 fully saturated rings. The number of rotatable bonds is 2. The molecule has 0 N–H and O–H groups in total. The monoisotopic (exact) mass is 582 g/mol. The third kappa shape index (κ3) is 3.18. The van der Waals surface area contributed by atoms with Gasteiger partial charge in [-0.1, -0.05) is 0 Å². The van der Waals surface area contributed by atoms with Crippen molar-refractivity contribution >= 4 is 74.9 Å². The van der Waals surface area contributed by atoms with Crippen LogP contribution in [0.5, 0.6) is 0 Å². The van der Waals surface area contributed by atoms with E-state index < -0.39 is 0 Å². The summed E-state index contributed by atoms with van der Waals surface area (Å²) in [5.41, 5.74) is 11.2. The molecular formula is C36H27BN2Se. The summed E-state index contributed by atoms with van der Waals surface area (Å²) < 4.78 is 39.8. The van der Waals surface area contributed by atoms with Gasteiger partial charge in [-0.05, 0) is 0 Å². The number of hydrogen-bond donors (Lipinski definition) is 0. The molecule has 0 radical (unpaired) electrons. The molecule has 190 valence electrons. The zero-order valence-corrected chi connectivity index (χ0v) is 23.6. The van der Waals surface area contributed by atoms with Gasteiger partial charge >= 0.3 is 246 Å². The van der Waals surface area contributed by atoms with Gasteiger partial charge in [0.05, 0.1) is 1.37 Å². The van der Waals surface area contributed by atoms with Gasteiger partial charge in [-0.15, -0.1) is 0 Å². The Balaban J connectivity index is 1.37. The molecule has 0 unspecified atom stereocenters. The van der Waals surface area contributed by atoms with Gasteiger partial charge in [-0.3, -0.25) is 0 Å². The molecule has 0 spiro atoms. The van der Waals surface area contributed by atoms with Crippen molar-refractivity contribution in [3.8, 4) is 5.69 Å². The summed E-state index contributed by atoms with van der Waals surface area (Å²) >= 11 is 0.227. The predicted octanol–water partition coefficient (Wildman–Crippen LogP) is 4.78. The van der Waals surface area contributed by atoms with Gasteiger partial charge in [0.1, 0.15) is 0 Å². The summed E-state index contributed by atoms with van der Waals surface area (Å²) in [5, 5.41) is 0.682. The Morgan fingerprint density at radius 1 is 0.700 bits per heavy atom. The molecule has 1 aromatic heterocycles. The number of hydrogen-bond acceptors (Lipinski definition) is 1. The van der Waals surface area contributed by atoms with Crippen LogP contribution in [-0.2, 0) is 12.8 Å². The number of aryl methyl sites for hydroxylation is 1. The Hall–Kier alpha value is -3.98. The van der Waals surface area contributed by atoms with Crippen LogP contribution in [0.3, 0.4) is 0 Å². The van der Waals surface area contributed by atoms with E-state index in [1.807, 2.05) is 0 Å². The number of benzene rings is 5. The molecule has 3 aliphatic rings. The van der Waals surface area contributed by atoms with Crippen LogP contribution in [0.4, 0.5) is 17.1 Å². The molecule has 40 heavy (non-hydrogen) atoms. The fourth-order valence-corrected chi connectivity index (χ4v) is 9.57. The minimum atomic E-state index is -0.176. The van der Waals surface area contributed by atoms with E-state index in [2.05, 4.69) is 100 Å². The van der Waals surface area contributed by atoms with E-state index in [0.717, 1.165) is 54.0 Å². The first-order valence-corrected chi connectivity index (χ1v) is 15.8. The number of aromatic nitrogens is 1. The number of nitrogens with zero attached hydrogens (tertiary/aromatic N) is 2. The Labute approximate surface area is 247 Å². The zero-order valence-electron chi connectivity index (χ0n) is 25.9. The Bertz CT molecular complexity index is 2180. The fourth-order valence-electron chi connectivity index (χ4n) is 7.13. The molecule has 0 bridgehead atoms. The second kappa shape index (κ2) is 8.76. The van der Waals surface area contributed by atoms with Crippen molar-refractivity contribution in [3.05, 3.63) is 126 Å². The third-order valence-corrected chi connectivity index (χ3v) is 11.2. The van der Waals surface area contributed by atoms with Crippen molar-refractivity contribution < 1.29 is 5.48 Å². The maximum atomic E-state index is 9.01. The molecule has 9 rings (SSSR count). The second-order valence-electron chi connectivity index (χ2n) is 10.9. The minimum absolute atomic E-state index is 0.0338. The van der Waals surface area contributed by atoms with Crippen LogP contribution in [0.25, 0.3) is 16.6 Å². The standard InChI is InChI=1S/C36H27BN2Se/c1-2-11-24(12-3-1)38-32-18-10-20-35-36(32)37(29-15-6-9-19-34(29)40-35)28-22-21-25(23-33(28)38)39-30-16-7-4-13-26(30)27-14-5-8-17-31(27)39/h1-4,6-7,9-13,15-16,18-23H,5,8,14,17H2/i4D,7D,13D,16D. The molecule has 3 heterocycles. The summed E-state index contributed by atoms with van der Waals surface area (Å²) in [6.07, 6.45) is 3.76. The molecule has 1 aliphatic carbocycles. The summed E-state index contributed by atoms with van der Waals surface area (Å²) in [4.78, 5) is 2.39. The third-order valence-electron chi connectivity index (χ3n) is 8.76. The SMILES string of the molecule is [2H]c1c([2H])c([2H])c2c(c1[2H])c1c(n2-c2ccc3c(c2)N(c2ccccc2)c2cccc4c2B3c2ccccc2[Se]4)CCCC1. The van der Waals surface area contributed by atoms with Crippen LogP contribution < -0.4 is 30.2 Å². The Morgan fingerprint density at radius 2 is 1.52 bits per heavy atom. The molecule has 5 aromatic carbocycles. The van der Waals surface area contributed by atoms with Crippen LogP contribution >= 0.6 is 0 Å². The summed E-state index contributed by atoms with van der Waals surface area (Å²) in [6, 6.07) is 32.7. The van der Waals surface area contributed by atoms with Gasteiger partial charge < -0.3 is 0 Å². The number of anilines is 3. The average molecular weight is 581 g/mol. The van der Waals surface area contributed by atoms with Crippen molar-refractivity contribution in [2.75, 3.05) is 4.90 Å². The van der Waals surface area contributed by atoms with E-state index in [9.17, 15) is 0 Å². The molecule has 0 amide bonds. The van der Waals surface area contributed by atoms with Crippen LogP contribution in [-0.4, -0.2) is 26.2 Å². The van der Waals surface area contributed by atoms with Crippen LogP contribution in [0, 0.1) is 0 Å². The van der Waals surface area contributed by atoms with Crippen LogP contribution in [0.1, 0.15) is 29.6 Å². The summed E-state index contributed by atoms with van der Waals surface area (Å²) in [5.74, 6) is 0. The molecule has 0 saturated carbocycles. The van der Waals surface area contributed by atoms with Crippen molar-refractivity contribution in [1.82, 2.24) is 4.57 Å². The van der Waals surface area contributed by atoms with Gasteiger partial charge in [0.2, 0.25) is 0 Å². The zero-order chi connectivity index (χ0) is 29.7. The van der Waals surface area contributed by atoms with E-state index in [1.54, 1.807) is 0 Å². The van der Waals surface area contributed by atoms with E-state index in [4.69, 9.17) is 5.48 Å². The van der Waals surface area contributed by atoms with E-state index in [-0.39, 0.29) is 45.8 Å². The molecule has 4 heteroatoms. The first-order valence-electron chi connectivity index (χ1n) is 16.0. The van der Waals surface area contributed by atoms with Gasteiger partial charge in [-0.2, -0.15) is 0 Å². The first kappa shape index (κ1) is 19.2. The second-order valence-corrected chi connectivity index (χ2v) is 13.1. The molecule has 6 aromatic rings. The molecular weight excluding hydrogens is 550 g/mol. The number of para-hydroxylation sites is 2. The molecule has 2 aliphatic heterocycles. The molecule has 0 saturated heterocycles. The van der Waals surface area contributed by atoms with Crippen molar-refractivity contribution in [1.29, 1.82) is 0 Å². The Kier molecular flexibility index (Phi) is 4.20. The van der Waals surface area contributed by atoms with Crippen LogP contribution in [0.2, 0.25) is 0 Å².